The number of aliphatic hydroxyl groups excluding tert-OH is 1. The zero-order valence-electron chi connectivity index (χ0n) is 11.5. The van der Waals surface area contributed by atoms with Gasteiger partial charge >= 0.3 is 0 Å². The summed E-state index contributed by atoms with van der Waals surface area (Å²) in [7, 11) is 0. The van der Waals surface area contributed by atoms with Gasteiger partial charge in [0.25, 0.3) is 5.91 Å². The van der Waals surface area contributed by atoms with Gasteiger partial charge < -0.3 is 10.4 Å². The molecule has 2 aromatic carbocycles. The van der Waals surface area contributed by atoms with Crippen molar-refractivity contribution in [3.05, 3.63) is 71.3 Å². The van der Waals surface area contributed by atoms with Crippen LogP contribution >= 0.6 is 0 Å². The molecule has 4 heteroatoms. The molecule has 0 aliphatic rings. The average molecular weight is 280 g/mol. The van der Waals surface area contributed by atoms with Gasteiger partial charge in [-0.1, -0.05) is 30.3 Å². The summed E-state index contributed by atoms with van der Waals surface area (Å²) in [5.74, 6) is -0.255. The van der Waals surface area contributed by atoms with E-state index in [1.807, 2.05) is 36.4 Å². The molecule has 0 aliphatic heterocycles. The van der Waals surface area contributed by atoms with Crippen LogP contribution in [-0.4, -0.2) is 23.7 Å². The van der Waals surface area contributed by atoms with Crippen molar-refractivity contribution < 1.29 is 9.90 Å². The topological polar surface area (TPSA) is 73.1 Å². The Morgan fingerprint density at radius 2 is 1.81 bits per heavy atom. The van der Waals surface area contributed by atoms with Crippen LogP contribution in [0, 0.1) is 11.3 Å². The Morgan fingerprint density at radius 3 is 2.38 bits per heavy atom. The van der Waals surface area contributed by atoms with E-state index in [-0.39, 0.29) is 18.6 Å². The van der Waals surface area contributed by atoms with E-state index in [4.69, 9.17) is 5.26 Å². The van der Waals surface area contributed by atoms with Gasteiger partial charge in [-0.05, 0) is 36.2 Å². The number of amides is 1. The molecule has 0 radical (unpaired) electrons. The first kappa shape index (κ1) is 14.8. The highest BCUT2D eigenvalue weighted by Crippen LogP contribution is 2.06. The molecule has 0 bridgehead atoms. The van der Waals surface area contributed by atoms with Crippen LogP contribution in [0.25, 0.3) is 0 Å². The fraction of sp³-hybridized carbons (Fsp3) is 0.176. The summed E-state index contributed by atoms with van der Waals surface area (Å²) in [6.45, 7) is -0.128. The Balaban J connectivity index is 2.00. The summed E-state index contributed by atoms with van der Waals surface area (Å²) in [5.41, 5.74) is 2.03. The van der Waals surface area contributed by atoms with Gasteiger partial charge in [-0.3, -0.25) is 4.79 Å². The van der Waals surface area contributed by atoms with Gasteiger partial charge in [-0.2, -0.15) is 5.26 Å². The standard InChI is InChI=1S/C17H16N2O2/c18-11-14-6-8-15(9-7-14)17(21)19-16(12-20)10-13-4-2-1-3-5-13/h1-9,16,20H,10,12H2,(H,19,21)/t16-/m0/s1. The molecule has 106 valence electrons. The summed E-state index contributed by atoms with van der Waals surface area (Å²) < 4.78 is 0. The lowest BCUT2D eigenvalue weighted by Gasteiger charge is -2.16. The smallest absolute Gasteiger partial charge is 0.251 e. The number of carbonyl (C=O) groups excluding carboxylic acids is 1. The van der Waals surface area contributed by atoms with Crippen LogP contribution in [0.15, 0.2) is 54.6 Å². The third-order valence-electron chi connectivity index (χ3n) is 3.16. The highest BCUT2D eigenvalue weighted by molar-refractivity contribution is 5.94. The Bertz CT molecular complexity index is 630. The van der Waals surface area contributed by atoms with Crippen LogP contribution in [0.2, 0.25) is 0 Å². The van der Waals surface area contributed by atoms with Crippen molar-refractivity contribution in [2.24, 2.45) is 0 Å². The molecule has 0 unspecified atom stereocenters. The lowest BCUT2D eigenvalue weighted by Crippen LogP contribution is -2.39. The van der Waals surface area contributed by atoms with Crippen molar-refractivity contribution in [2.75, 3.05) is 6.61 Å². The van der Waals surface area contributed by atoms with Gasteiger partial charge in [-0.25, -0.2) is 0 Å². The lowest BCUT2D eigenvalue weighted by atomic mass is 10.1. The summed E-state index contributed by atoms with van der Waals surface area (Å²) in [4.78, 5) is 12.1. The molecule has 2 aromatic rings. The van der Waals surface area contributed by atoms with E-state index in [1.54, 1.807) is 24.3 Å². The summed E-state index contributed by atoms with van der Waals surface area (Å²) in [6, 6.07) is 17.7. The van der Waals surface area contributed by atoms with Gasteiger partial charge in [0.2, 0.25) is 0 Å². The maximum Gasteiger partial charge on any atom is 0.251 e. The molecule has 0 saturated heterocycles. The van der Waals surface area contributed by atoms with Crippen molar-refractivity contribution >= 4 is 5.91 Å². The molecular weight excluding hydrogens is 264 g/mol. The number of hydrogen-bond acceptors (Lipinski definition) is 3. The van der Waals surface area contributed by atoms with Crippen molar-refractivity contribution in [1.29, 1.82) is 5.26 Å². The quantitative estimate of drug-likeness (QED) is 0.878. The van der Waals surface area contributed by atoms with Gasteiger partial charge in [-0.15, -0.1) is 0 Å². The van der Waals surface area contributed by atoms with E-state index in [0.29, 0.717) is 17.5 Å². The number of nitrogens with zero attached hydrogens (tertiary/aromatic N) is 1. The fourth-order valence-electron chi connectivity index (χ4n) is 2.02. The molecule has 0 aliphatic carbocycles. The van der Waals surface area contributed by atoms with E-state index >= 15 is 0 Å². The molecule has 0 heterocycles. The molecule has 2 rings (SSSR count). The minimum Gasteiger partial charge on any atom is -0.394 e. The minimum absolute atomic E-state index is 0.128. The molecule has 1 atom stereocenters. The third kappa shape index (κ3) is 4.16. The predicted octanol–water partition coefficient (Wildman–Crippen LogP) is 1.89. The first-order valence-electron chi connectivity index (χ1n) is 6.68. The van der Waals surface area contributed by atoms with Crippen LogP contribution < -0.4 is 5.32 Å². The normalized spacial score (nSPS) is 11.4. The Kier molecular flexibility index (Phi) is 5.08. The number of nitriles is 1. The first-order chi connectivity index (χ1) is 10.2. The van der Waals surface area contributed by atoms with E-state index < -0.39 is 0 Å². The number of hydrogen-bond donors (Lipinski definition) is 2. The van der Waals surface area contributed by atoms with Crippen molar-refractivity contribution in [1.82, 2.24) is 5.32 Å². The second kappa shape index (κ2) is 7.22. The Morgan fingerprint density at radius 1 is 1.14 bits per heavy atom. The largest absolute Gasteiger partial charge is 0.394 e. The molecular formula is C17H16N2O2. The Labute approximate surface area is 123 Å². The maximum atomic E-state index is 12.1. The molecule has 21 heavy (non-hydrogen) atoms. The van der Waals surface area contributed by atoms with Gasteiger partial charge in [0.15, 0.2) is 0 Å². The van der Waals surface area contributed by atoms with Crippen molar-refractivity contribution in [3.8, 4) is 6.07 Å². The number of carbonyl (C=O) groups is 1. The molecule has 2 N–H and O–H groups in total. The lowest BCUT2D eigenvalue weighted by molar-refractivity contribution is 0.0916. The number of aliphatic hydroxyl groups is 1. The van der Waals surface area contributed by atoms with E-state index in [2.05, 4.69) is 5.32 Å². The highest BCUT2D eigenvalue weighted by Gasteiger charge is 2.13. The molecule has 4 nitrogen and oxygen atoms in total. The van der Waals surface area contributed by atoms with Crippen molar-refractivity contribution in [2.45, 2.75) is 12.5 Å². The fourth-order valence-corrected chi connectivity index (χ4v) is 2.02. The summed E-state index contributed by atoms with van der Waals surface area (Å²) >= 11 is 0. The zero-order chi connectivity index (χ0) is 15.1. The van der Waals surface area contributed by atoms with Crippen LogP contribution in [-0.2, 0) is 6.42 Å². The zero-order valence-corrected chi connectivity index (χ0v) is 11.5. The SMILES string of the molecule is N#Cc1ccc(C(=O)N[C@H](CO)Cc2ccccc2)cc1. The molecule has 1 amide bonds. The second-order valence-electron chi connectivity index (χ2n) is 4.73. The van der Waals surface area contributed by atoms with E-state index in [0.717, 1.165) is 5.56 Å². The monoisotopic (exact) mass is 280 g/mol. The van der Waals surface area contributed by atoms with Gasteiger partial charge in [0.05, 0.1) is 24.3 Å². The van der Waals surface area contributed by atoms with E-state index in [9.17, 15) is 9.90 Å². The third-order valence-corrected chi connectivity index (χ3v) is 3.16. The average Bonchev–Trinajstić information content (AvgIpc) is 2.55. The summed E-state index contributed by atoms with van der Waals surface area (Å²) in [6.07, 6.45) is 0.569. The molecule has 0 spiro atoms. The first-order valence-corrected chi connectivity index (χ1v) is 6.68. The van der Waals surface area contributed by atoms with Gasteiger partial charge in [0.1, 0.15) is 0 Å². The van der Waals surface area contributed by atoms with Crippen LogP contribution in [0.1, 0.15) is 21.5 Å². The second-order valence-corrected chi connectivity index (χ2v) is 4.73. The number of nitrogens with one attached hydrogen (secondary N) is 1. The molecule has 0 aromatic heterocycles. The van der Waals surface area contributed by atoms with Crippen molar-refractivity contribution in [3.63, 3.8) is 0 Å². The van der Waals surface area contributed by atoms with E-state index in [1.165, 1.54) is 0 Å². The van der Waals surface area contributed by atoms with Crippen LogP contribution in [0.5, 0.6) is 0 Å². The minimum atomic E-state index is -0.337. The number of rotatable bonds is 5. The summed E-state index contributed by atoms with van der Waals surface area (Å²) in [5, 5.41) is 20.9. The van der Waals surface area contributed by atoms with Gasteiger partial charge in [0, 0.05) is 5.56 Å². The van der Waals surface area contributed by atoms with Crippen LogP contribution in [0.4, 0.5) is 0 Å². The highest BCUT2D eigenvalue weighted by atomic mass is 16.3. The number of benzene rings is 2. The maximum absolute atomic E-state index is 12.1. The molecule has 0 fully saturated rings. The van der Waals surface area contributed by atoms with Crippen LogP contribution in [0.3, 0.4) is 0 Å². The molecule has 0 saturated carbocycles. The Hall–Kier alpha value is -2.64. The predicted molar refractivity (Wildman–Crippen MR) is 79.6 cm³/mol.